The third-order valence-corrected chi connectivity index (χ3v) is 4.23. The summed E-state index contributed by atoms with van der Waals surface area (Å²) < 4.78 is 8.39. The first kappa shape index (κ1) is 15.7. The average Bonchev–Trinajstić information content (AvgIpc) is 2.95. The molecule has 0 unspecified atom stereocenters. The number of Topliss-reactive ketones (excluding diaryl/α,β-unsaturated/α-hetero) is 1. The number of carbonyl (C=O) groups is 1. The fraction of sp³-hybridized carbons (Fsp3) is 0.312. The van der Waals surface area contributed by atoms with Crippen molar-refractivity contribution in [1.29, 1.82) is 0 Å². The second-order valence-corrected chi connectivity index (χ2v) is 6.18. The predicted molar refractivity (Wildman–Crippen MR) is 90.5 cm³/mol. The summed E-state index contributed by atoms with van der Waals surface area (Å²) in [5, 5.41) is 7.43. The van der Waals surface area contributed by atoms with E-state index < -0.39 is 0 Å². The van der Waals surface area contributed by atoms with Crippen LogP contribution in [0.15, 0.2) is 40.3 Å². The Morgan fingerprint density at radius 3 is 2.96 bits per heavy atom. The molecule has 1 aliphatic heterocycles. The molecule has 0 amide bonds. The van der Waals surface area contributed by atoms with Crippen LogP contribution in [0.3, 0.4) is 0 Å². The van der Waals surface area contributed by atoms with E-state index in [2.05, 4.69) is 31.3 Å². The zero-order chi connectivity index (χ0) is 16.6. The number of fused-ring (bicyclic) bond motifs is 1. The number of hydrogen-bond acceptors (Lipinski definition) is 5. The van der Waals surface area contributed by atoms with Crippen LogP contribution in [0.25, 0.3) is 0 Å². The lowest BCUT2D eigenvalue weighted by Crippen LogP contribution is -2.28. The zero-order valence-electron chi connectivity index (χ0n) is 13.1. The predicted octanol–water partition coefficient (Wildman–Crippen LogP) is 3.32. The number of ether oxygens (including phenoxy) is 1. The Bertz CT molecular complexity index is 797. The number of aromatic nitrogens is 3. The third kappa shape index (κ3) is 2.76. The van der Waals surface area contributed by atoms with Crippen molar-refractivity contribution >= 4 is 27.7 Å². The second kappa shape index (κ2) is 6.16. The van der Waals surface area contributed by atoms with Crippen LogP contribution in [0.5, 0.6) is 5.75 Å². The molecule has 120 valence electrons. The van der Waals surface area contributed by atoms with Gasteiger partial charge in [-0.1, -0.05) is 15.9 Å². The van der Waals surface area contributed by atoms with E-state index in [1.165, 1.54) is 6.33 Å². The molecule has 0 saturated heterocycles. The summed E-state index contributed by atoms with van der Waals surface area (Å²) in [4.78, 5) is 16.5. The van der Waals surface area contributed by atoms with E-state index in [1.54, 1.807) is 11.6 Å². The van der Waals surface area contributed by atoms with Gasteiger partial charge in [-0.2, -0.15) is 10.1 Å². The second-order valence-electron chi connectivity index (χ2n) is 5.27. The average molecular weight is 377 g/mol. The Morgan fingerprint density at radius 2 is 2.26 bits per heavy atom. The van der Waals surface area contributed by atoms with Crippen molar-refractivity contribution < 1.29 is 9.53 Å². The Hall–Kier alpha value is -2.15. The standard InChI is InChI=1S/C16H17BrN4O2/c1-4-23-13-6-5-11(17)7-12(13)15-14(10(3)22)9(2)20-16-18-8-19-21(15)16/h5-8,15H,4H2,1-3H3,(H,18,19,20)/t15-/m0/s1. The van der Waals surface area contributed by atoms with Crippen LogP contribution >= 0.6 is 15.9 Å². The van der Waals surface area contributed by atoms with E-state index in [9.17, 15) is 4.79 Å². The maximum atomic E-state index is 12.3. The number of ketones is 1. The zero-order valence-corrected chi connectivity index (χ0v) is 14.7. The Labute approximate surface area is 142 Å². The Kier molecular flexibility index (Phi) is 4.21. The van der Waals surface area contributed by atoms with Crippen LogP contribution in [0, 0.1) is 0 Å². The first-order valence-corrected chi connectivity index (χ1v) is 8.12. The van der Waals surface area contributed by atoms with Crippen LogP contribution < -0.4 is 10.1 Å². The number of benzene rings is 1. The maximum absolute atomic E-state index is 12.3. The van der Waals surface area contributed by atoms with E-state index in [0.29, 0.717) is 18.1 Å². The number of nitrogens with one attached hydrogen (secondary N) is 1. The number of rotatable bonds is 4. The van der Waals surface area contributed by atoms with Crippen molar-refractivity contribution in [3.63, 3.8) is 0 Å². The molecule has 1 aromatic carbocycles. The molecule has 23 heavy (non-hydrogen) atoms. The summed E-state index contributed by atoms with van der Waals surface area (Å²) in [5.41, 5.74) is 2.31. The molecule has 1 N–H and O–H groups in total. The van der Waals surface area contributed by atoms with Crippen LogP contribution in [0.2, 0.25) is 0 Å². The molecule has 7 heteroatoms. The molecule has 0 bridgehead atoms. The van der Waals surface area contributed by atoms with Gasteiger partial charge in [0.2, 0.25) is 5.95 Å². The van der Waals surface area contributed by atoms with Gasteiger partial charge in [0.15, 0.2) is 5.78 Å². The van der Waals surface area contributed by atoms with Gasteiger partial charge in [-0.25, -0.2) is 4.68 Å². The molecule has 1 aliphatic rings. The highest BCUT2D eigenvalue weighted by atomic mass is 79.9. The highest BCUT2D eigenvalue weighted by molar-refractivity contribution is 9.10. The van der Waals surface area contributed by atoms with E-state index in [-0.39, 0.29) is 11.8 Å². The number of carbonyl (C=O) groups excluding carboxylic acids is 1. The largest absolute Gasteiger partial charge is 0.494 e. The van der Waals surface area contributed by atoms with Crippen molar-refractivity contribution in [2.75, 3.05) is 11.9 Å². The molecule has 2 heterocycles. The van der Waals surface area contributed by atoms with Gasteiger partial charge in [0.05, 0.1) is 6.61 Å². The minimum Gasteiger partial charge on any atom is -0.494 e. The first-order valence-electron chi connectivity index (χ1n) is 7.33. The minimum absolute atomic E-state index is 0.0106. The van der Waals surface area contributed by atoms with Crippen LogP contribution in [0.4, 0.5) is 5.95 Å². The Morgan fingerprint density at radius 1 is 1.48 bits per heavy atom. The summed E-state index contributed by atoms with van der Waals surface area (Å²) in [6, 6.07) is 5.41. The van der Waals surface area contributed by atoms with Gasteiger partial charge in [0.1, 0.15) is 18.1 Å². The molecule has 0 saturated carbocycles. The third-order valence-electron chi connectivity index (χ3n) is 3.74. The Balaban J connectivity index is 2.24. The van der Waals surface area contributed by atoms with E-state index in [4.69, 9.17) is 4.74 Å². The lowest BCUT2D eigenvalue weighted by atomic mass is 9.92. The monoisotopic (exact) mass is 376 g/mol. The maximum Gasteiger partial charge on any atom is 0.226 e. The highest BCUT2D eigenvalue weighted by Gasteiger charge is 2.33. The molecule has 2 aromatic rings. The molecule has 0 aliphatic carbocycles. The first-order chi connectivity index (χ1) is 11.0. The minimum atomic E-state index is -0.370. The van der Waals surface area contributed by atoms with Crippen LogP contribution in [0.1, 0.15) is 32.4 Å². The number of anilines is 1. The number of allylic oxidation sites excluding steroid dienone is 2. The molecule has 6 nitrogen and oxygen atoms in total. The van der Waals surface area contributed by atoms with Crippen LogP contribution in [-0.4, -0.2) is 27.2 Å². The number of hydrogen-bond donors (Lipinski definition) is 1. The SMILES string of the molecule is CCOc1ccc(Br)cc1[C@H]1C(C(C)=O)=C(C)Nc2ncnn21. The van der Waals surface area contributed by atoms with Crippen molar-refractivity contribution in [3.05, 3.63) is 45.8 Å². The van der Waals surface area contributed by atoms with E-state index in [1.807, 2.05) is 32.0 Å². The summed E-state index contributed by atoms with van der Waals surface area (Å²) in [7, 11) is 0. The van der Waals surface area contributed by atoms with Crippen molar-refractivity contribution in [2.24, 2.45) is 0 Å². The van der Waals surface area contributed by atoms with E-state index in [0.717, 1.165) is 21.5 Å². The molecule has 3 rings (SSSR count). The molecule has 0 radical (unpaired) electrons. The van der Waals surface area contributed by atoms with Gasteiger partial charge < -0.3 is 10.1 Å². The molecule has 1 atom stereocenters. The molecule has 0 fully saturated rings. The smallest absolute Gasteiger partial charge is 0.226 e. The lowest BCUT2D eigenvalue weighted by molar-refractivity contribution is -0.114. The van der Waals surface area contributed by atoms with Crippen molar-refractivity contribution in [2.45, 2.75) is 26.8 Å². The molecule has 0 spiro atoms. The summed E-state index contributed by atoms with van der Waals surface area (Å²) in [6.07, 6.45) is 1.48. The van der Waals surface area contributed by atoms with Crippen molar-refractivity contribution in [1.82, 2.24) is 14.8 Å². The summed E-state index contributed by atoms with van der Waals surface area (Å²) >= 11 is 3.50. The summed E-state index contributed by atoms with van der Waals surface area (Å²) in [5.74, 6) is 1.33. The number of halogens is 1. The van der Waals surface area contributed by atoms with Gasteiger partial charge in [-0.15, -0.1) is 0 Å². The van der Waals surface area contributed by atoms with E-state index >= 15 is 0 Å². The summed E-state index contributed by atoms with van der Waals surface area (Å²) in [6.45, 7) is 5.91. The fourth-order valence-electron chi connectivity index (χ4n) is 2.85. The van der Waals surface area contributed by atoms with Gasteiger partial charge in [-0.05, 0) is 39.0 Å². The van der Waals surface area contributed by atoms with Crippen molar-refractivity contribution in [3.8, 4) is 5.75 Å². The number of nitrogens with zero attached hydrogens (tertiary/aromatic N) is 3. The highest BCUT2D eigenvalue weighted by Crippen LogP contribution is 2.40. The fourth-order valence-corrected chi connectivity index (χ4v) is 3.23. The van der Waals surface area contributed by atoms with Gasteiger partial charge in [-0.3, -0.25) is 4.79 Å². The van der Waals surface area contributed by atoms with Gasteiger partial charge in [0, 0.05) is 21.3 Å². The van der Waals surface area contributed by atoms with Gasteiger partial charge >= 0.3 is 0 Å². The van der Waals surface area contributed by atoms with Gasteiger partial charge in [0.25, 0.3) is 0 Å². The topological polar surface area (TPSA) is 69.0 Å². The quantitative estimate of drug-likeness (QED) is 0.886. The normalized spacial score (nSPS) is 16.8. The van der Waals surface area contributed by atoms with Crippen LogP contribution in [-0.2, 0) is 4.79 Å². The lowest BCUT2D eigenvalue weighted by Gasteiger charge is -2.29. The molecular weight excluding hydrogens is 360 g/mol. The molecular formula is C16H17BrN4O2. The molecule has 1 aromatic heterocycles.